The van der Waals surface area contributed by atoms with E-state index in [1.807, 2.05) is 0 Å². The van der Waals surface area contributed by atoms with Gasteiger partial charge in [-0.15, -0.1) is 0 Å². The van der Waals surface area contributed by atoms with E-state index in [-0.39, 0.29) is 4.91 Å². The van der Waals surface area contributed by atoms with Gasteiger partial charge in [-0.3, -0.25) is 19.3 Å². The van der Waals surface area contributed by atoms with Gasteiger partial charge in [0.15, 0.2) is 0 Å². The molecule has 160 valence electrons. The van der Waals surface area contributed by atoms with Crippen molar-refractivity contribution in [2.45, 2.75) is 0 Å². The Kier molecular flexibility index (Phi) is 7.99. The first-order valence-electron chi connectivity index (χ1n) is 8.82. The molecule has 0 saturated carbocycles. The van der Waals surface area contributed by atoms with Crippen LogP contribution in [0.1, 0.15) is 5.56 Å². The van der Waals surface area contributed by atoms with Crippen molar-refractivity contribution in [3.05, 3.63) is 73.5 Å². The minimum Gasteiger partial charge on any atom is -0.487 e. The summed E-state index contributed by atoms with van der Waals surface area (Å²) in [5.41, 5.74) is 1.08. The summed E-state index contributed by atoms with van der Waals surface area (Å²) in [5, 5.41) is 2.45. The monoisotopic (exact) mass is 584 g/mol. The number of hydrogen-bond donors (Lipinski definition) is 1. The maximum absolute atomic E-state index is 12.7. The van der Waals surface area contributed by atoms with Gasteiger partial charge in [-0.25, -0.2) is 0 Å². The van der Waals surface area contributed by atoms with Gasteiger partial charge >= 0.3 is 0 Å². The number of nitrogens with zero attached hydrogens (tertiary/aromatic N) is 1. The number of para-hydroxylation sites is 1. The SMILES string of the molecule is C=CCOc1c(Br)cc(/C=C2\SC(=O)N(CC(=O)Nc3ccccc3Cl)C2=O)cc1Br. The Morgan fingerprint density at radius 1 is 1.23 bits per heavy atom. The van der Waals surface area contributed by atoms with Crippen LogP contribution in [0.25, 0.3) is 6.08 Å². The van der Waals surface area contributed by atoms with E-state index in [1.165, 1.54) is 0 Å². The van der Waals surface area contributed by atoms with Crippen molar-refractivity contribution in [3.8, 4) is 5.75 Å². The fraction of sp³-hybridized carbons (Fsp3) is 0.0952. The number of rotatable bonds is 7. The average molecular weight is 587 g/mol. The number of halogens is 3. The lowest BCUT2D eigenvalue weighted by Crippen LogP contribution is -2.36. The number of hydrogen-bond acceptors (Lipinski definition) is 5. The van der Waals surface area contributed by atoms with Crippen LogP contribution in [0, 0.1) is 0 Å². The van der Waals surface area contributed by atoms with Crippen molar-refractivity contribution in [2.75, 3.05) is 18.5 Å². The van der Waals surface area contributed by atoms with Crippen molar-refractivity contribution in [3.63, 3.8) is 0 Å². The number of amides is 3. The van der Waals surface area contributed by atoms with Gasteiger partial charge in [-0.05, 0) is 79.5 Å². The highest BCUT2D eigenvalue weighted by Gasteiger charge is 2.36. The Morgan fingerprint density at radius 2 is 1.90 bits per heavy atom. The lowest BCUT2D eigenvalue weighted by atomic mass is 10.2. The maximum Gasteiger partial charge on any atom is 0.294 e. The Labute approximate surface area is 204 Å². The first-order valence-corrected chi connectivity index (χ1v) is 11.6. The molecule has 2 aromatic carbocycles. The Hall–Kier alpha value is -2.07. The molecule has 1 aliphatic rings. The minimum atomic E-state index is -0.538. The molecule has 0 atom stereocenters. The van der Waals surface area contributed by atoms with Crippen molar-refractivity contribution in [1.29, 1.82) is 0 Å². The molecule has 0 unspecified atom stereocenters. The molecule has 0 bridgehead atoms. The maximum atomic E-state index is 12.7. The average Bonchev–Trinajstić information content (AvgIpc) is 2.96. The van der Waals surface area contributed by atoms with Crippen LogP contribution in [-0.2, 0) is 9.59 Å². The Balaban J connectivity index is 1.74. The molecule has 0 aromatic heterocycles. The summed E-state index contributed by atoms with van der Waals surface area (Å²) < 4.78 is 6.93. The minimum absolute atomic E-state index is 0.217. The summed E-state index contributed by atoms with van der Waals surface area (Å²) in [6.07, 6.45) is 3.22. The second-order valence-corrected chi connectivity index (χ2v) is 9.32. The van der Waals surface area contributed by atoms with Gasteiger partial charge in [0.2, 0.25) is 5.91 Å². The highest BCUT2D eigenvalue weighted by Crippen LogP contribution is 2.37. The smallest absolute Gasteiger partial charge is 0.294 e. The van der Waals surface area contributed by atoms with Gasteiger partial charge in [-0.2, -0.15) is 0 Å². The summed E-state index contributed by atoms with van der Waals surface area (Å²) in [6.45, 7) is 3.55. The van der Waals surface area contributed by atoms with Crippen LogP contribution in [0.4, 0.5) is 10.5 Å². The van der Waals surface area contributed by atoms with E-state index in [2.05, 4.69) is 43.8 Å². The summed E-state index contributed by atoms with van der Waals surface area (Å²) in [4.78, 5) is 38.4. The standard InChI is InChI=1S/C21H15Br2ClN2O4S/c1-2-7-30-19-13(22)8-12(9-14(19)23)10-17-20(28)26(21(29)31-17)11-18(27)25-16-6-4-3-5-15(16)24/h2-6,8-10H,1,7,11H2,(H,25,27)/b17-10-. The van der Waals surface area contributed by atoms with Crippen molar-refractivity contribution < 1.29 is 19.1 Å². The highest BCUT2D eigenvalue weighted by atomic mass is 79.9. The van der Waals surface area contributed by atoms with E-state index in [9.17, 15) is 14.4 Å². The molecular weight excluding hydrogens is 572 g/mol. The zero-order chi connectivity index (χ0) is 22.5. The van der Waals surface area contributed by atoms with Crippen LogP contribution >= 0.6 is 55.2 Å². The lowest BCUT2D eigenvalue weighted by molar-refractivity contribution is -0.127. The number of nitrogens with one attached hydrogen (secondary N) is 1. The van der Waals surface area contributed by atoms with E-state index >= 15 is 0 Å². The molecule has 1 fully saturated rings. The van der Waals surface area contributed by atoms with E-state index in [1.54, 1.807) is 48.6 Å². The molecule has 1 N–H and O–H groups in total. The molecule has 0 aliphatic carbocycles. The molecule has 10 heteroatoms. The van der Waals surface area contributed by atoms with E-state index in [4.69, 9.17) is 16.3 Å². The van der Waals surface area contributed by atoms with Gasteiger partial charge in [0, 0.05) is 0 Å². The first-order chi connectivity index (χ1) is 14.8. The molecule has 2 aromatic rings. The zero-order valence-corrected chi connectivity index (χ0v) is 20.6. The van der Waals surface area contributed by atoms with Crippen LogP contribution in [0.5, 0.6) is 5.75 Å². The van der Waals surface area contributed by atoms with Gasteiger partial charge in [0.25, 0.3) is 11.1 Å². The van der Waals surface area contributed by atoms with E-state index in [0.29, 0.717) is 37.6 Å². The molecule has 0 spiro atoms. The summed E-state index contributed by atoms with van der Waals surface area (Å²) in [7, 11) is 0. The molecule has 6 nitrogen and oxygen atoms in total. The van der Waals surface area contributed by atoms with Crippen LogP contribution in [-0.4, -0.2) is 35.1 Å². The van der Waals surface area contributed by atoms with Gasteiger partial charge in [0.1, 0.15) is 18.9 Å². The van der Waals surface area contributed by atoms with Crippen LogP contribution in [0.2, 0.25) is 5.02 Å². The predicted molar refractivity (Wildman–Crippen MR) is 130 cm³/mol. The molecule has 3 rings (SSSR count). The van der Waals surface area contributed by atoms with Crippen molar-refractivity contribution in [1.82, 2.24) is 4.90 Å². The summed E-state index contributed by atoms with van der Waals surface area (Å²) in [6, 6.07) is 10.2. The van der Waals surface area contributed by atoms with Crippen LogP contribution in [0.15, 0.2) is 62.9 Å². The third-order valence-corrected chi connectivity index (χ3v) is 6.40. The molecular formula is C21H15Br2ClN2O4S. The number of thioether (sulfide) groups is 1. The fourth-order valence-corrected chi connectivity index (χ4v) is 5.10. The summed E-state index contributed by atoms with van der Waals surface area (Å²) in [5.74, 6) is -0.462. The topological polar surface area (TPSA) is 75.7 Å². The quantitative estimate of drug-likeness (QED) is 0.313. The van der Waals surface area contributed by atoms with Gasteiger partial charge in [0.05, 0.1) is 24.6 Å². The molecule has 1 aliphatic heterocycles. The number of benzene rings is 2. The number of carbonyl (C=O) groups excluding carboxylic acids is 3. The molecule has 1 saturated heterocycles. The second-order valence-electron chi connectivity index (χ2n) is 6.21. The zero-order valence-electron chi connectivity index (χ0n) is 15.9. The van der Waals surface area contributed by atoms with Crippen molar-refractivity contribution in [2.24, 2.45) is 0 Å². The highest BCUT2D eigenvalue weighted by molar-refractivity contribution is 9.11. The van der Waals surface area contributed by atoms with Gasteiger partial charge < -0.3 is 10.1 Å². The van der Waals surface area contributed by atoms with E-state index < -0.39 is 23.6 Å². The van der Waals surface area contributed by atoms with Crippen LogP contribution < -0.4 is 10.1 Å². The molecule has 0 radical (unpaired) electrons. The van der Waals surface area contributed by atoms with Gasteiger partial charge in [-0.1, -0.05) is 36.4 Å². The fourth-order valence-electron chi connectivity index (χ4n) is 2.63. The molecule has 3 amide bonds. The third kappa shape index (κ3) is 5.79. The Bertz CT molecular complexity index is 1080. The molecule has 1 heterocycles. The van der Waals surface area contributed by atoms with Crippen molar-refractivity contribution >= 4 is 84.0 Å². The van der Waals surface area contributed by atoms with E-state index in [0.717, 1.165) is 16.7 Å². The number of imide groups is 1. The number of ether oxygens (including phenoxy) is 1. The lowest BCUT2D eigenvalue weighted by Gasteiger charge is -2.13. The number of anilines is 1. The second kappa shape index (κ2) is 10.5. The first kappa shape index (κ1) is 23.6. The Morgan fingerprint density at radius 3 is 2.55 bits per heavy atom. The normalized spacial score (nSPS) is 14.8. The number of carbonyl (C=O) groups is 3. The molecule has 31 heavy (non-hydrogen) atoms. The summed E-state index contributed by atoms with van der Waals surface area (Å²) >= 11 is 13.7. The largest absolute Gasteiger partial charge is 0.487 e. The van der Waals surface area contributed by atoms with Crippen LogP contribution in [0.3, 0.4) is 0 Å². The third-order valence-electron chi connectivity index (χ3n) is 3.99. The predicted octanol–water partition coefficient (Wildman–Crippen LogP) is 6.10.